The first-order valence-electron chi connectivity index (χ1n) is 9.83. The highest BCUT2D eigenvalue weighted by Crippen LogP contribution is 2.29. The average molecular weight is 483 g/mol. The van der Waals surface area contributed by atoms with E-state index in [4.69, 9.17) is 14.2 Å². The van der Waals surface area contributed by atoms with Crippen molar-refractivity contribution < 1.29 is 19.0 Å². The van der Waals surface area contributed by atoms with Gasteiger partial charge in [0.2, 0.25) is 10.3 Å². The van der Waals surface area contributed by atoms with Crippen molar-refractivity contribution >= 4 is 40.4 Å². The summed E-state index contributed by atoms with van der Waals surface area (Å²) < 4.78 is 20.9. The lowest BCUT2D eigenvalue weighted by atomic mass is 10.1. The third-order valence-corrected chi connectivity index (χ3v) is 5.60. The van der Waals surface area contributed by atoms with Crippen LogP contribution in [0.25, 0.3) is 6.08 Å². The van der Waals surface area contributed by atoms with Crippen molar-refractivity contribution in [2.75, 3.05) is 31.9 Å². The number of nitrogens with zero attached hydrogens (tertiary/aromatic N) is 3. The van der Waals surface area contributed by atoms with Crippen LogP contribution in [0.4, 0.5) is 5.13 Å². The summed E-state index contributed by atoms with van der Waals surface area (Å²) >= 11 is 2.42. The maximum Gasteiger partial charge on any atom is 0.268 e. The van der Waals surface area contributed by atoms with Crippen molar-refractivity contribution in [3.05, 3.63) is 59.2 Å². The van der Waals surface area contributed by atoms with Crippen LogP contribution in [0.15, 0.2) is 53.2 Å². The molecule has 1 amide bonds. The molecule has 0 spiro atoms. The van der Waals surface area contributed by atoms with E-state index in [1.165, 1.54) is 30.5 Å². The number of benzene rings is 2. The largest absolute Gasteiger partial charge is 0.493 e. The Morgan fingerprint density at radius 3 is 2.61 bits per heavy atom. The first-order chi connectivity index (χ1) is 16.0. The molecule has 0 fully saturated rings. The number of hydrogen-bond acceptors (Lipinski definition) is 9. The summed E-state index contributed by atoms with van der Waals surface area (Å²) in [5.74, 6) is 1.22. The molecule has 3 rings (SSSR count). The second-order valence-corrected chi connectivity index (χ2v) is 8.16. The number of hydrogen-bond donors (Lipinski definition) is 1. The highest BCUT2D eigenvalue weighted by atomic mass is 32.2. The fourth-order valence-corrected chi connectivity index (χ4v) is 3.78. The Morgan fingerprint density at radius 2 is 1.94 bits per heavy atom. The summed E-state index contributed by atoms with van der Waals surface area (Å²) in [6, 6.07) is 14.8. The Kier molecular flexibility index (Phi) is 8.69. The van der Waals surface area contributed by atoms with Crippen molar-refractivity contribution in [2.24, 2.45) is 0 Å². The van der Waals surface area contributed by atoms with E-state index in [0.29, 0.717) is 40.6 Å². The molecule has 0 saturated heterocycles. The van der Waals surface area contributed by atoms with Crippen LogP contribution in [-0.2, 0) is 4.79 Å². The predicted octanol–water partition coefficient (Wildman–Crippen LogP) is 4.58. The number of methoxy groups -OCH3 is 1. The number of anilines is 1. The van der Waals surface area contributed by atoms with Crippen molar-refractivity contribution in [1.82, 2.24) is 9.36 Å². The lowest BCUT2D eigenvalue weighted by molar-refractivity contribution is -0.112. The molecule has 10 heteroatoms. The van der Waals surface area contributed by atoms with Gasteiger partial charge in [0.1, 0.15) is 30.6 Å². The number of thioether (sulfide) groups is 1. The fraction of sp³-hybridized carbons (Fsp3) is 0.217. The van der Waals surface area contributed by atoms with Gasteiger partial charge in [-0.3, -0.25) is 10.1 Å². The quantitative estimate of drug-likeness (QED) is 0.194. The van der Waals surface area contributed by atoms with E-state index in [9.17, 15) is 10.1 Å². The highest BCUT2D eigenvalue weighted by molar-refractivity contribution is 7.98. The third kappa shape index (κ3) is 6.97. The van der Waals surface area contributed by atoms with Crippen LogP contribution in [0.2, 0.25) is 0 Å². The lowest BCUT2D eigenvalue weighted by Crippen LogP contribution is -2.13. The lowest BCUT2D eigenvalue weighted by Gasteiger charge is -2.12. The number of rotatable bonds is 10. The Morgan fingerprint density at radius 1 is 1.18 bits per heavy atom. The van der Waals surface area contributed by atoms with Crippen molar-refractivity contribution in [1.29, 1.82) is 5.26 Å². The Labute approximate surface area is 200 Å². The molecule has 3 aromatic rings. The summed E-state index contributed by atoms with van der Waals surface area (Å²) in [4.78, 5) is 16.6. The fourth-order valence-electron chi connectivity index (χ4n) is 2.66. The van der Waals surface area contributed by atoms with Gasteiger partial charge >= 0.3 is 0 Å². The zero-order chi connectivity index (χ0) is 23.6. The van der Waals surface area contributed by atoms with Gasteiger partial charge < -0.3 is 14.2 Å². The molecule has 0 aliphatic rings. The molecule has 0 unspecified atom stereocenters. The maximum atomic E-state index is 12.4. The minimum atomic E-state index is -0.561. The number of amides is 1. The second kappa shape index (κ2) is 11.9. The van der Waals surface area contributed by atoms with Crippen LogP contribution < -0.4 is 19.5 Å². The molecule has 33 heavy (non-hydrogen) atoms. The number of carbonyl (C=O) groups excluding carboxylic acids is 1. The number of nitrogens with one attached hydrogen (secondary N) is 1. The van der Waals surface area contributed by atoms with Gasteiger partial charge in [0.15, 0.2) is 11.5 Å². The van der Waals surface area contributed by atoms with Gasteiger partial charge in [-0.15, -0.1) is 0 Å². The average Bonchev–Trinajstić information content (AvgIpc) is 3.29. The zero-order valence-corrected chi connectivity index (χ0v) is 20.0. The topological polar surface area (TPSA) is 106 Å². The van der Waals surface area contributed by atoms with Gasteiger partial charge in [-0.05, 0) is 49.1 Å². The minimum absolute atomic E-state index is 0.0712. The number of ether oxygens (including phenoxy) is 3. The predicted molar refractivity (Wildman–Crippen MR) is 129 cm³/mol. The molecule has 170 valence electrons. The molecule has 8 nitrogen and oxygen atoms in total. The van der Waals surface area contributed by atoms with E-state index in [1.807, 2.05) is 43.5 Å². The van der Waals surface area contributed by atoms with Crippen LogP contribution in [0.3, 0.4) is 0 Å². The van der Waals surface area contributed by atoms with Gasteiger partial charge in [0.25, 0.3) is 5.91 Å². The summed E-state index contributed by atoms with van der Waals surface area (Å²) in [6.45, 7) is 2.71. The summed E-state index contributed by atoms with van der Waals surface area (Å²) in [5, 5.41) is 12.9. The first kappa shape index (κ1) is 24.1. The van der Waals surface area contributed by atoms with E-state index < -0.39 is 5.91 Å². The van der Waals surface area contributed by atoms with E-state index >= 15 is 0 Å². The number of aromatic nitrogens is 2. The number of aryl methyl sites for hydroxylation is 1. The number of nitriles is 1. The normalized spacial score (nSPS) is 10.9. The van der Waals surface area contributed by atoms with Gasteiger partial charge in [-0.1, -0.05) is 35.5 Å². The molecule has 0 saturated carbocycles. The molecule has 1 heterocycles. The molecule has 0 bridgehead atoms. The molecule has 0 aliphatic carbocycles. The minimum Gasteiger partial charge on any atom is -0.493 e. The maximum absolute atomic E-state index is 12.4. The van der Waals surface area contributed by atoms with Crippen LogP contribution in [0.5, 0.6) is 17.2 Å². The van der Waals surface area contributed by atoms with Gasteiger partial charge in [-0.2, -0.15) is 14.6 Å². The van der Waals surface area contributed by atoms with Crippen molar-refractivity contribution in [3.63, 3.8) is 0 Å². The van der Waals surface area contributed by atoms with Crippen LogP contribution in [-0.4, -0.2) is 41.8 Å². The molecule has 1 aromatic heterocycles. The van der Waals surface area contributed by atoms with Gasteiger partial charge in [0.05, 0.1) is 7.11 Å². The van der Waals surface area contributed by atoms with E-state index in [1.54, 1.807) is 18.2 Å². The third-order valence-electron chi connectivity index (χ3n) is 4.30. The molecule has 1 N–H and O–H groups in total. The molecular formula is C23H22N4O4S2. The summed E-state index contributed by atoms with van der Waals surface area (Å²) in [7, 11) is 1.52. The van der Waals surface area contributed by atoms with E-state index in [2.05, 4.69) is 14.7 Å². The highest BCUT2D eigenvalue weighted by Gasteiger charge is 2.13. The molecular weight excluding hydrogens is 460 g/mol. The van der Waals surface area contributed by atoms with E-state index in [-0.39, 0.29) is 5.57 Å². The van der Waals surface area contributed by atoms with Crippen LogP contribution >= 0.6 is 23.3 Å². The Bertz CT molecular complexity index is 1170. The van der Waals surface area contributed by atoms with Gasteiger partial charge in [-0.25, -0.2) is 0 Å². The smallest absolute Gasteiger partial charge is 0.268 e. The Hall–Kier alpha value is -3.55. The second-order valence-electron chi connectivity index (χ2n) is 6.63. The van der Waals surface area contributed by atoms with Gasteiger partial charge in [0, 0.05) is 11.5 Å². The molecule has 0 aliphatic heterocycles. The first-order valence-corrected chi connectivity index (χ1v) is 11.8. The van der Waals surface area contributed by atoms with Crippen LogP contribution in [0.1, 0.15) is 11.1 Å². The molecule has 2 aromatic carbocycles. The zero-order valence-electron chi connectivity index (χ0n) is 18.3. The summed E-state index contributed by atoms with van der Waals surface area (Å²) in [5.41, 5.74) is 1.71. The molecule has 0 atom stereocenters. The van der Waals surface area contributed by atoms with E-state index in [0.717, 1.165) is 17.3 Å². The number of carbonyl (C=O) groups is 1. The van der Waals surface area contributed by atoms with Crippen LogP contribution in [0, 0.1) is 18.3 Å². The SMILES string of the molecule is COc1cc(C=C(C#N)C(=O)Nc2nc(SC)ns2)ccc1OCCOc1ccc(C)cc1. The Balaban J connectivity index is 1.61. The standard InChI is InChI=1S/C23H22N4O4S2/c1-15-4-7-18(8-5-15)30-10-11-31-19-9-6-16(13-20(19)29-2)12-17(14-24)21(28)25-22-26-23(32-3)27-33-22/h4-9,12-13H,10-11H2,1-3H3,(H,25,26,27,28). The van der Waals surface area contributed by atoms with Crippen molar-refractivity contribution in [2.45, 2.75) is 12.1 Å². The van der Waals surface area contributed by atoms with Crippen molar-refractivity contribution in [3.8, 4) is 23.3 Å². The summed E-state index contributed by atoms with van der Waals surface area (Å²) in [6.07, 6.45) is 3.31. The monoisotopic (exact) mass is 482 g/mol. The molecule has 0 radical (unpaired) electrons.